The Morgan fingerprint density at radius 2 is 1.64 bits per heavy atom. The van der Waals surface area contributed by atoms with Crippen molar-refractivity contribution in [2.45, 2.75) is 39.5 Å². The first-order valence-corrected chi connectivity index (χ1v) is 13.3. The van der Waals surface area contributed by atoms with Crippen molar-refractivity contribution in [2.24, 2.45) is 0 Å². The van der Waals surface area contributed by atoms with E-state index < -0.39 is 0 Å². The van der Waals surface area contributed by atoms with Gasteiger partial charge in [0.1, 0.15) is 0 Å². The summed E-state index contributed by atoms with van der Waals surface area (Å²) in [4.78, 5) is 29.3. The largest absolute Gasteiger partial charge is 0.392 e. The maximum atomic E-state index is 12.7. The third-order valence-corrected chi connectivity index (χ3v) is 7.22. The number of rotatable bonds is 6. The first-order valence-electron chi connectivity index (χ1n) is 13.3. The molecule has 5 N–H and O–H groups in total. The Bertz CT molecular complexity index is 1400. The Morgan fingerprint density at radius 1 is 0.923 bits per heavy atom. The van der Waals surface area contributed by atoms with Gasteiger partial charge < -0.3 is 30.6 Å². The second-order valence-electron chi connectivity index (χ2n) is 9.88. The van der Waals surface area contributed by atoms with Crippen LogP contribution in [0.4, 0.5) is 11.4 Å². The van der Waals surface area contributed by atoms with E-state index in [0.29, 0.717) is 12.0 Å². The number of allylic oxidation sites excluding steroid dienone is 1. The van der Waals surface area contributed by atoms with Gasteiger partial charge in [0, 0.05) is 48.5 Å². The lowest BCUT2D eigenvalue weighted by atomic mass is 9.95. The lowest BCUT2D eigenvalue weighted by Crippen LogP contribution is -2.35. The summed E-state index contributed by atoms with van der Waals surface area (Å²) < 4.78 is 5.41. The molecular weight excluding hydrogens is 496 g/mol. The molecule has 0 spiro atoms. The molecule has 1 aromatic heterocycles. The molecule has 39 heavy (non-hydrogen) atoms. The van der Waals surface area contributed by atoms with Crippen molar-refractivity contribution in [3.8, 4) is 0 Å². The van der Waals surface area contributed by atoms with Crippen LogP contribution in [0, 0.1) is 0 Å². The first kappa shape index (κ1) is 26.8. The van der Waals surface area contributed by atoms with Crippen LogP contribution in [0.15, 0.2) is 48.7 Å². The number of carbonyl (C=O) groups excluding carboxylic acids is 2. The minimum atomic E-state index is -0.0822. The molecular formula is C30H34N4O5. The summed E-state index contributed by atoms with van der Waals surface area (Å²) in [5.74, 6) is -0.0543. The van der Waals surface area contributed by atoms with Gasteiger partial charge in [-0.3, -0.25) is 14.5 Å². The summed E-state index contributed by atoms with van der Waals surface area (Å²) in [5, 5.41) is 24.0. The Kier molecular flexibility index (Phi) is 8.23. The van der Waals surface area contributed by atoms with Crippen LogP contribution in [-0.4, -0.2) is 58.2 Å². The smallest absolute Gasteiger partial charge is 0.256 e. The summed E-state index contributed by atoms with van der Waals surface area (Å²) in [7, 11) is 0. The van der Waals surface area contributed by atoms with Crippen LogP contribution in [0.1, 0.15) is 46.9 Å². The van der Waals surface area contributed by atoms with Crippen LogP contribution in [-0.2, 0) is 40.5 Å². The number of ether oxygens (including phenoxy) is 1. The highest BCUT2D eigenvalue weighted by Gasteiger charge is 2.28. The summed E-state index contributed by atoms with van der Waals surface area (Å²) in [6.07, 6.45) is 3.20. The highest BCUT2D eigenvalue weighted by atomic mass is 16.5. The number of fused-ring (bicyclic) bond motifs is 2. The van der Waals surface area contributed by atoms with E-state index in [2.05, 4.69) is 33.5 Å². The molecule has 204 valence electrons. The van der Waals surface area contributed by atoms with E-state index in [4.69, 9.17) is 9.84 Å². The molecule has 9 heteroatoms. The number of carbonyl (C=O) groups is 2. The van der Waals surface area contributed by atoms with Crippen LogP contribution >= 0.6 is 0 Å². The quantitative estimate of drug-likeness (QED) is 0.311. The van der Waals surface area contributed by atoms with Gasteiger partial charge >= 0.3 is 0 Å². The van der Waals surface area contributed by atoms with Gasteiger partial charge in [-0.1, -0.05) is 25.1 Å². The topological polar surface area (TPSA) is 127 Å². The van der Waals surface area contributed by atoms with Gasteiger partial charge in [0.25, 0.3) is 5.91 Å². The van der Waals surface area contributed by atoms with Crippen molar-refractivity contribution in [3.63, 3.8) is 0 Å². The lowest BCUT2D eigenvalue weighted by molar-refractivity contribution is -0.115. The summed E-state index contributed by atoms with van der Waals surface area (Å²) in [6, 6.07) is 13.2. The van der Waals surface area contributed by atoms with E-state index in [1.807, 2.05) is 42.6 Å². The van der Waals surface area contributed by atoms with Crippen molar-refractivity contribution < 1.29 is 24.5 Å². The molecule has 0 bridgehead atoms. The number of aromatic nitrogens is 1. The highest BCUT2D eigenvalue weighted by Crippen LogP contribution is 2.38. The Labute approximate surface area is 227 Å². The van der Waals surface area contributed by atoms with Crippen LogP contribution < -0.4 is 10.6 Å². The minimum absolute atomic E-state index is 0.0279. The van der Waals surface area contributed by atoms with Crippen LogP contribution in [0.3, 0.4) is 0 Å². The zero-order chi connectivity index (χ0) is 27.4. The van der Waals surface area contributed by atoms with E-state index in [0.717, 1.165) is 84.2 Å². The molecule has 1 saturated heterocycles. The second-order valence-corrected chi connectivity index (χ2v) is 9.88. The van der Waals surface area contributed by atoms with Gasteiger partial charge in [-0.15, -0.1) is 0 Å². The zero-order valence-electron chi connectivity index (χ0n) is 22.0. The summed E-state index contributed by atoms with van der Waals surface area (Å²) in [6.45, 7) is 6.39. The molecule has 9 nitrogen and oxygen atoms in total. The number of benzene rings is 2. The van der Waals surface area contributed by atoms with Crippen molar-refractivity contribution in [3.05, 3.63) is 82.2 Å². The summed E-state index contributed by atoms with van der Waals surface area (Å²) >= 11 is 0. The number of anilines is 2. The maximum Gasteiger partial charge on any atom is 0.256 e. The second kappa shape index (κ2) is 12.0. The number of aromatic amines is 1. The molecule has 6 rings (SSSR count). The number of hydrogen-bond acceptors (Lipinski definition) is 6. The molecule has 2 amide bonds. The van der Waals surface area contributed by atoms with Gasteiger partial charge in [-0.2, -0.15) is 0 Å². The predicted molar refractivity (Wildman–Crippen MR) is 150 cm³/mol. The summed E-state index contributed by atoms with van der Waals surface area (Å²) in [5.41, 5.74) is 9.06. The molecule has 1 fully saturated rings. The van der Waals surface area contributed by atoms with Crippen LogP contribution in [0.5, 0.6) is 0 Å². The van der Waals surface area contributed by atoms with E-state index in [-0.39, 0.29) is 25.0 Å². The fourth-order valence-corrected chi connectivity index (χ4v) is 5.22. The molecule has 3 aliphatic rings. The standard InChI is InChI=1S/C21H25N3O3.C9H9NO2/c1-2-16(19-10-15(11-22-19)12-24-5-7-27-8-6-24)20-17-9-14(13-25)3-4-18(17)23-21(20)26;11-5-6-1-2-8-7(3-6)4-9(12)10-8/h3-4,9-11,22,25H,2,5-8,12-13H2,1H3,(H,23,26);1-3,11H,4-5H2,(H,10,12). The molecule has 0 saturated carbocycles. The average molecular weight is 531 g/mol. The number of hydrogen-bond donors (Lipinski definition) is 5. The van der Waals surface area contributed by atoms with Crippen LogP contribution in [0.2, 0.25) is 0 Å². The average Bonchev–Trinajstić information content (AvgIpc) is 3.65. The van der Waals surface area contributed by atoms with Gasteiger partial charge in [0.05, 0.1) is 38.4 Å². The number of nitrogens with one attached hydrogen (secondary N) is 3. The fourth-order valence-electron chi connectivity index (χ4n) is 5.22. The van der Waals surface area contributed by atoms with E-state index in [1.54, 1.807) is 0 Å². The number of nitrogens with zero attached hydrogens (tertiary/aromatic N) is 1. The molecule has 2 aromatic carbocycles. The third kappa shape index (κ3) is 5.97. The van der Waals surface area contributed by atoms with Gasteiger partial charge in [0.15, 0.2) is 0 Å². The molecule has 3 aromatic rings. The van der Waals surface area contributed by atoms with E-state index in [1.165, 1.54) is 5.56 Å². The Hall–Kier alpha value is -3.76. The number of H-pyrrole nitrogens is 1. The van der Waals surface area contributed by atoms with Crippen molar-refractivity contribution >= 4 is 34.3 Å². The normalized spacial score (nSPS) is 17.6. The fraction of sp³-hybridized carbons (Fsp3) is 0.333. The minimum Gasteiger partial charge on any atom is -0.392 e. The van der Waals surface area contributed by atoms with Crippen molar-refractivity contribution in [2.75, 3.05) is 36.9 Å². The Morgan fingerprint density at radius 3 is 2.36 bits per heavy atom. The van der Waals surface area contributed by atoms with E-state index >= 15 is 0 Å². The number of aliphatic hydroxyl groups is 2. The first-order chi connectivity index (χ1) is 19.0. The molecule has 4 heterocycles. The number of aliphatic hydroxyl groups excluding tert-OH is 2. The highest BCUT2D eigenvalue weighted by molar-refractivity contribution is 6.36. The molecule has 0 aliphatic carbocycles. The van der Waals surface area contributed by atoms with Gasteiger partial charge in [0.2, 0.25) is 5.91 Å². The SMILES string of the molecule is CCC(=C1C(=O)Nc2ccc(CO)cc21)c1cc(CN2CCOCC2)c[nH]1.O=C1Cc2cc(CO)ccc2N1. The maximum absolute atomic E-state index is 12.7. The van der Waals surface area contributed by atoms with Gasteiger partial charge in [-0.05, 0) is 58.5 Å². The molecule has 0 unspecified atom stereocenters. The monoisotopic (exact) mass is 530 g/mol. The Balaban J connectivity index is 0.000000214. The number of morpholine rings is 1. The van der Waals surface area contributed by atoms with Gasteiger partial charge in [-0.25, -0.2) is 0 Å². The zero-order valence-corrected chi connectivity index (χ0v) is 22.0. The van der Waals surface area contributed by atoms with Crippen LogP contribution in [0.25, 0.3) is 11.1 Å². The predicted octanol–water partition coefficient (Wildman–Crippen LogP) is 3.29. The van der Waals surface area contributed by atoms with Crippen molar-refractivity contribution in [1.82, 2.24) is 9.88 Å². The third-order valence-electron chi connectivity index (χ3n) is 7.22. The molecule has 3 aliphatic heterocycles. The molecule has 0 radical (unpaired) electrons. The van der Waals surface area contributed by atoms with E-state index in [9.17, 15) is 14.7 Å². The molecule has 0 atom stereocenters. The number of amides is 2. The lowest BCUT2D eigenvalue weighted by Gasteiger charge is -2.26. The van der Waals surface area contributed by atoms with Crippen molar-refractivity contribution in [1.29, 1.82) is 0 Å².